The lowest BCUT2D eigenvalue weighted by molar-refractivity contribution is -0.00833. The molecule has 0 saturated heterocycles. The van der Waals surface area contributed by atoms with Crippen LogP contribution in [0.25, 0.3) is 5.70 Å². The van der Waals surface area contributed by atoms with Gasteiger partial charge < -0.3 is 19.8 Å². The Morgan fingerprint density at radius 2 is 2.07 bits per heavy atom. The summed E-state index contributed by atoms with van der Waals surface area (Å²) < 4.78 is 5.41. The zero-order chi connectivity index (χ0) is 20.9. The molecular weight excluding hydrogens is 380 g/mol. The van der Waals surface area contributed by atoms with Gasteiger partial charge in [-0.2, -0.15) is 0 Å². The lowest BCUT2D eigenvalue weighted by atomic mass is 9.56. The van der Waals surface area contributed by atoms with Crippen LogP contribution in [0.4, 0.5) is 0 Å². The van der Waals surface area contributed by atoms with Crippen LogP contribution in [0.3, 0.4) is 0 Å². The molecule has 0 spiro atoms. The number of methoxy groups -OCH3 is 1. The van der Waals surface area contributed by atoms with Crippen molar-refractivity contribution in [3.8, 4) is 17.4 Å². The number of hydrogen-bond donors (Lipinski definition) is 3. The minimum Gasteiger partial charge on any atom is -0.504 e. The van der Waals surface area contributed by atoms with E-state index in [-0.39, 0.29) is 23.2 Å². The molecule has 1 heterocycles. The van der Waals surface area contributed by atoms with Crippen molar-refractivity contribution in [1.82, 2.24) is 10.5 Å². The molecule has 2 saturated carbocycles. The standard InChI is InChI=1S/C24H28N2O4/c1-24-9-8-14-15-13-21(29-2)20(27)12-17(15)19(26-30-23-5-3-4-10-25-23)11-16(14)18(24)6-7-22(24)28/h3-5,10-14,16,18,22,26-28H,6-9H2,1-2H3/t14-,16-,18+,22+,24+/m1/s1. The number of pyridine rings is 1. The molecule has 0 radical (unpaired) electrons. The number of phenolic OH excluding ortho intramolecular Hbond substituents is 1. The molecule has 5 rings (SSSR count). The van der Waals surface area contributed by atoms with Gasteiger partial charge in [0.2, 0.25) is 5.88 Å². The van der Waals surface area contributed by atoms with E-state index in [0.717, 1.165) is 42.5 Å². The Kier molecular flexibility index (Phi) is 4.62. The van der Waals surface area contributed by atoms with Gasteiger partial charge in [0.05, 0.1) is 18.9 Å². The predicted molar refractivity (Wildman–Crippen MR) is 113 cm³/mol. The van der Waals surface area contributed by atoms with E-state index in [0.29, 0.717) is 23.5 Å². The second-order valence-corrected chi connectivity index (χ2v) is 8.99. The summed E-state index contributed by atoms with van der Waals surface area (Å²) in [5.41, 5.74) is 5.93. The summed E-state index contributed by atoms with van der Waals surface area (Å²) in [5, 5.41) is 21.1. The van der Waals surface area contributed by atoms with Crippen LogP contribution in [0.5, 0.6) is 17.4 Å². The number of phenols is 1. The van der Waals surface area contributed by atoms with Crippen molar-refractivity contribution in [1.29, 1.82) is 0 Å². The maximum absolute atomic E-state index is 10.7. The normalized spacial score (nSPS) is 31.8. The first-order valence-corrected chi connectivity index (χ1v) is 10.7. The predicted octanol–water partition coefficient (Wildman–Crippen LogP) is 4.00. The Balaban J connectivity index is 1.55. The summed E-state index contributed by atoms with van der Waals surface area (Å²) >= 11 is 0. The zero-order valence-corrected chi connectivity index (χ0v) is 17.3. The van der Waals surface area contributed by atoms with Gasteiger partial charge in [0.1, 0.15) is 0 Å². The summed E-state index contributed by atoms with van der Waals surface area (Å²) in [6.45, 7) is 2.24. The second-order valence-electron chi connectivity index (χ2n) is 8.99. The van der Waals surface area contributed by atoms with E-state index in [4.69, 9.17) is 9.57 Å². The molecule has 2 aromatic rings. The van der Waals surface area contributed by atoms with Gasteiger partial charge in [-0.25, -0.2) is 10.5 Å². The van der Waals surface area contributed by atoms with E-state index in [9.17, 15) is 10.2 Å². The zero-order valence-electron chi connectivity index (χ0n) is 17.3. The molecule has 0 unspecified atom stereocenters. The molecule has 2 fully saturated rings. The Bertz CT molecular complexity index is 977. The fraction of sp³-hybridized carbons (Fsp3) is 0.458. The lowest BCUT2D eigenvalue weighted by Crippen LogP contribution is -2.43. The monoisotopic (exact) mass is 408 g/mol. The average molecular weight is 408 g/mol. The van der Waals surface area contributed by atoms with Crippen LogP contribution in [0.1, 0.15) is 49.7 Å². The lowest BCUT2D eigenvalue weighted by Gasteiger charge is -2.48. The third-order valence-corrected chi connectivity index (χ3v) is 7.59. The fourth-order valence-corrected chi connectivity index (χ4v) is 5.94. The van der Waals surface area contributed by atoms with Gasteiger partial charge in [-0.15, -0.1) is 0 Å². The number of nitrogens with zero attached hydrogens (tertiary/aromatic N) is 1. The number of hydroxylamine groups is 1. The van der Waals surface area contributed by atoms with Crippen LogP contribution in [-0.2, 0) is 0 Å². The van der Waals surface area contributed by atoms with Crippen LogP contribution < -0.4 is 15.1 Å². The smallest absolute Gasteiger partial charge is 0.245 e. The van der Waals surface area contributed by atoms with E-state index in [2.05, 4.69) is 23.5 Å². The minimum absolute atomic E-state index is 0.0525. The summed E-state index contributed by atoms with van der Waals surface area (Å²) in [6.07, 6.45) is 7.56. The van der Waals surface area contributed by atoms with E-state index < -0.39 is 0 Å². The Morgan fingerprint density at radius 1 is 1.20 bits per heavy atom. The van der Waals surface area contributed by atoms with Gasteiger partial charge >= 0.3 is 0 Å². The highest BCUT2D eigenvalue weighted by Crippen LogP contribution is 2.61. The van der Waals surface area contributed by atoms with Crippen molar-refractivity contribution in [3.05, 3.63) is 53.7 Å². The molecule has 3 aliphatic carbocycles. The van der Waals surface area contributed by atoms with Gasteiger partial charge in [-0.05, 0) is 72.6 Å². The first kappa shape index (κ1) is 19.2. The van der Waals surface area contributed by atoms with Crippen LogP contribution >= 0.6 is 0 Å². The van der Waals surface area contributed by atoms with Gasteiger partial charge in [0, 0.05) is 17.8 Å². The summed E-state index contributed by atoms with van der Waals surface area (Å²) in [5.74, 6) is 2.10. The molecule has 1 aromatic heterocycles. The van der Waals surface area contributed by atoms with Crippen LogP contribution in [0.15, 0.2) is 42.6 Å². The third kappa shape index (κ3) is 2.93. The first-order valence-electron chi connectivity index (χ1n) is 10.7. The number of hydrogen-bond acceptors (Lipinski definition) is 6. The van der Waals surface area contributed by atoms with Gasteiger partial charge in [0.25, 0.3) is 0 Å². The molecule has 0 amide bonds. The van der Waals surface area contributed by atoms with Crippen molar-refractivity contribution in [3.63, 3.8) is 0 Å². The minimum atomic E-state index is -0.242. The number of ether oxygens (including phenoxy) is 1. The summed E-state index contributed by atoms with van der Waals surface area (Å²) in [6, 6.07) is 9.21. The van der Waals surface area contributed by atoms with Crippen molar-refractivity contribution in [2.24, 2.45) is 17.3 Å². The maximum atomic E-state index is 10.7. The van der Waals surface area contributed by atoms with Gasteiger partial charge in [-0.1, -0.05) is 19.1 Å². The summed E-state index contributed by atoms with van der Waals surface area (Å²) in [4.78, 5) is 9.95. The Hall–Kier alpha value is -2.73. The molecular formula is C24H28N2O4. The largest absolute Gasteiger partial charge is 0.504 e. The van der Waals surface area contributed by atoms with Crippen molar-refractivity contribution >= 4 is 5.70 Å². The molecule has 1 aromatic carbocycles. The number of allylic oxidation sites excluding steroid dienone is 1. The number of aliphatic hydroxyl groups is 1. The molecule has 3 aliphatic rings. The number of aromatic nitrogens is 1. The van der Waals surface area contributed by atoms with E-state index in [1.54, 1.807) is 25.4 Å². The highest BCUT2D eigenvalue weighted by atomic mass is 16.7. The Morgan fingerprint density at radius 3 is 2.83 bits per heavy atom. The van der Waals surface area contributed by atoms with Crippen LogP contribution in [0, 0.1) is 17.3 Å². The fourth-order valence-electron chi connectivity index (χ4n) is 5.94. The Labute approximate surface area is 176 Å². The number of fused-ring (bicyclic) bond motifs is 5. The number of aromatic hydroxyl groups is 1. The topological polar surface area (TPSA) is 83.8 Å². The number of nitrogens with one attached hydrogen (secondary N) is 1. The molecule has 0 bridgehead atoms. The quantitative estimate of drug-likeness (QED) is 0.663. The van der Waals surface area contributed by atoms with E-state index in [1.807, 2.05) is 18.2 Å². The molecule has 3 N–H and O–H groups in total. The molecule has 0 aliphatic heterocycles. The van der Waals surface area contributed by atoms with Crippen molar-refractivity contribution in [2.45, 2.75) is 44.6 Å². The highest BCUT2D eigenvalue weighted by Gasteiger charge is 2.54. The maximum Gasteiger partial charge on any atom is 0.245 e. The van der Waals surface area contributed by atoms with Crippen LogP contribution in [0.2, 0.25) is 0 Å². The van der Waals surface area contributed by atoms with E-state index in [1.165, 1.54) is 0 Å². The first-order chi connectivity index (χ1) is 14.5. The third-order valence-electron chi connectivity index (χ3n) is 7.59. The number of aliphatic hydroxyl groups excluding tert-OH is 1. The number of benzene rings is 1. The molecule has 6 heteroatoms. The average Bonchev–Trinajstić information content (AvgIpc) is 3.07. The van der Waals surface area contributed by atoms with E-state index >= 15 is 0 Å². The SMILES string of the molecule is COc1cc2c(cc1O)C(NOc1ccccn1)=C[C@@H]1[C@@H]2CC[C@]2(C)[C@@H](O)CC[C@@H]12. The van der Waals surface area contributed by atoms with Gasteiger partial charge in [0.15, 0.2) is 11.5 Å². The molecule has 5 atom stereocenters. The van der Waals surface area contributed by atoms with Crippen molar-refractivity contribution < 1.29 is 19.8 Å². The summed E-state index contributed by atoms with van der Waals surface area (Å²) in [7, 11) is 1.58. The highest BCUT2D eigenvalue weighted by molar-refractivity contribution is 5.73. The second kappa shape index (κ2) is 7.20. The molecule has 6 nitrogen and oxygen atoms in total. The molecule has 158 valence electrons. The van der Waals surface area contributed by atoms with Crippen molar-refractivity contribution in [2.75, 3.05) is 7.11 Å². The molecule has 30 heavy (non-hydrogen) atoms. The van der Waals surface area contributed by atoms with Crippen LogP contribution in [-0.4, -0.2) is 28.4 Å². The number of rotatable bonds is 4. The van der Waals surface area contributed by atoms with Gasteiger partial charge in [-0.3, -0.25) is 0 Å².